The van der Waals surface area contributed by atoms with Crippen LogP contribution in [0.2, 0.25) is 0 Å². The number of carbonyl (C=O) groups is 1. The molecular weight excluding hydrogens is 330 g/mol. The monoisotopic (exact) mass is 357 g/mol. The summed E-state index contributed by atoms with van der Waals surface area (Å²) in [5.74, 6) is 1.95. The van der Waals surface area contributed by atoms with Crippen molar-refractivity contribution in [2.45, 2.75) is 33.1 Å². The summed E-state index contributed by atoms with van der Waals surface area (Å²) in [5.41, 5.74) is 0.946. The van der Waals surface area contributed by atoms with Gasteiger partial charge >= 0.3 is 0 Å². The Labute approximate surface area is 154 Å². The van der Waals surface area contributed by atoms with Crippen LogP contribution < -0.4 is 10.2 Å². The maximum absolute atomic E-state index is 12.4. The van der Waals surface area contributed by atoms with Crippen molar-refractivity contribution in [3.63, 3.8) is 0 Å². The molecule has 7 heteroatoms. The van der Waals surface area contributed by atoms with Gasteiger partial charge in [-0.15, -0.1) is 0 Å². The second-order valence-electron chi connectivity index (χ2n) is 6.58. The SMILES string of the molecule is CCCCCNc1nc(C)cc(N2CCN(C(=O)c3ccco3)CC2)n1. The number of piperazine rings is 1. The largest absolute Gasteiger partial charge is 0.459 e. The van der Waals surface area contributed by atoms with Gasteiger partial charge in [0.15, 0.2) is 5.76 Å². The molecule has 1 fully saturated rings. The normalized spacial score (nSPS) is 14.5. The number of amides is 1. The van der Waals surface area contributed by atoms with E-state index in [9.17, 15) is 4.79 Å². The highest BCUT2D eigenvalue weighted by atomic mass is 16.3. The van der Waals surface area contributed by atoms with Gasteiger partial charge in [-0.25, -0.2) is 4.98 Å². The zero-order chi connectivity index (χ0) is 18.4. The molecule has 0 saturated carbocycles. The number of nitrogens with zero attached hydrogens (tertiary/aromatic N) is 4. The van der Waals surface area contributed by atoms with Gasteiger partial charge in [0.1, 0.15) is 5.82 Å². The Morgan fingerprint density at radius 1 is 1.23 bits per heavy atom. The van der Waals surface area contributed by atoms with Crippen LogP contribution in [0.25, 0.3) is 0 Å². The van der Waals surface area contributed by atoms with E-state index in [-0.39, 0.29) is 5.91 Å². The van der Waals surface area contributed by atoms with E-state index in [0.29, 0.717) is 24.8 Å². The van der Waals surface area contributed by atoms with Gasteiger partial charge in [-0.3, -0.25) is 4.79 Å². The van der Waals surface area contributed by atoms with Crippen molar-refractivity contribution in [1.29, 1.82) is 0 Å². The van der Waals surface area contributed by atoms with Gasteiger partial charge in [0.05, 0.1) is 6.26 Å². The maximum atomic E-state index is 12.4. The molecule has 1 saturated heterocycles. The van der Waals surface area contributed by atoms with E-state index < -0.39 is 0 Å². The van der Waals surface area contributed by atoms with Crippen LogP contribution in [-0.2, 0) is 0 Å². The average Bonchev–Trinajstić information content (AvgIpc) is 3.19. The molecular formula is C19H27N5O2. The highest BCUT2D eigenvalue weighted by Gasteiger charge is 2.24. The number of aryl methyl sites for hydroxylation is 1. The Balaban J connectivity index is 1.58. The summed E-state index contributed by atoms with van der Waals surface area (Å²) in [6, 6.07) is 5.45. The third-order valence-electron chi connectivity index (χ3n) is 4.53. The van der Waals surface area contributed by atoms with Gasteiger partial charge in [-0.05, 0) is 25.5 Å². The summed E-state index contributed by atoms with van der Waals surface area (Å²) < 4.78 is 5.21. The number of hydrogen-bond donors (Lipinski definition) is 1. The minimum atomic E-state index is -0.0493. The lowest BCUT2D eigenvalue weighted by atomic mass is 10.2. The van der Waals surface area contributed by atoms with Gasteiger partial charge in [0.25, 0.3) is 5.91 Å². The lowest BCUT2D eigenvalue weighted by Crippen LogP contribution is -2.49. The smallest absolute Gasteiger partial charge is 0.289 e. The Morgan fingerprint density at radius 2 is 2.04 bits per heavy atom. The Morgan fingerprint density at radius 3 is 2.73 bits per heavy atom. The molecule has 26 heavy (non-hydrogen) atoms. The highest BCUT2D eigenvalue weighted by molar-refractivity contribution is 5.91. The molecule has 1 amide bonds. The third-order valence-corrected chi connectivity index (χ3v) is 4.53. The topological polar surface area (TPSA) is 74.5 Å². The molecule has 1 N–H and O–H groups in total. The van der Waals surface area contributed by atoms with Crippen LogP contribution in [0.1, 0.15) is 42.4 Å². The van der Waals surface area contributed by atoms with Crippen LogP contribution >= 0.6 is 0 Å². The fourth-order valence-electron chi connectivity index (χ4n) is 3.06. The van der Waals surface area contributed by atoms with E-state index in [0.717, 1.165) is 37.6 Å². The molecule has 3 rings (SSSR count). The summed E-state index contributed by atoms with van der Waals surface area (Å²) >= 11 is 0. The van der Waals surface area contributed by atoms with E-state index >= 15 is 0 Å². The van der Waals surface area contributed by atoms with Crippen molar-refractivity contribution in [2.75, 3.05) is 42.9 Å². The van der Waals surface area contributed by atoms with Crippen molar-refractivity contribution < 1.29 is 9.21 Å². The van der Waals surface area contributed by atoms with E-state index in [4.69, 9.17) is 4.42 Å². The predicted octanol–water partition coefficient (Wildman–Crippen LogP) is 2.94. The van der Waals surface area contributed by atoms with Crippen LogP contribution in [0.15, 0.2) is 28.9 Å². The molecule has 0 aromatic carbocycles. The summed E-state index contributed by atoms with van der Waals surface area (Å²) in [6.45, 7) is 7.87. The Hall–Kier alpha value is -2.57. The minimum Gasteiger partial charge on any atom is -0.459 e. The first-order valence-electron chi connectivity index (χ1n) is 9.34. The van der Waals surface area contributed by atoms with E-state index in [1.807, 2.05) is 17.9 Å². The van der Waals surface area contributed by atoms with Crippen molar-refractivity contribution >= 4 is 17.7 Å². The average molecular weight is 357 g/mol. The molecule has 3 heterocycles. The molecule has 140 valence electrons. The van der Waals surface area contributed by atoms with Crippen molar-refractivity contribution in [3.05, 3.63) is 35.9 Å². The quantitative estimate of drug-likeness (QED) is 0.768. The van der Waals surface area contributed by atoms with E-state index in [2.05, 4.69) is 27.1 Å². The van der Waals surface area contributed by atoms with Gasteiger partial charge in [-0.2, -0.15) is 4.98 Å². The van der Waals surface area contributed by atoms with Crippen molar-refractivity contribution in [2.24, 2.45) is 0 Å². The molecule has 0 bridgehead atoms. The molecule has 1 aliphatic heterocycles. The number of unbranched alkanes of at least 4 members (excludes halogenated alkanes) is 2. The fourth-order valence-corrected chi connectivity index (χ4v) is 3.06. The lowest BCUT2D eigenvalue weighted by Gasteiger charge is -2.35. The molecule has 1 aliphatic rings. The van der Waals surface area contributed by atoms with Crippen LogP contribution in [-0.4, -0.2) is 53.5 Å². The number of carbonyl (C=O) groups excluding carboxylic acids is 1. The number of rotatable bonds is 7. The van der Waals surface area contributed by atoms with Gasteiger partial charge in [-0.1, -0.05) is 19.8 Å². The number of furan rings is 1. The number of aromatic nitrogens is 2. The van der Waals surface area contributed by atoms with Gasteiger partial charge in [0.2, 0.25) is 5.95 Å². The third kappa shape index (κ3) is 4.53. The van der Waals surface area contributed by atoms with E-state index in [1.54, 1.807) is 12.1 Å². The summed E-state index contributed by atoms with van der Waals surface area (Å²) in [7, 11) is 0. The first-order valence-corrected chi connectivity index (χ1v) is 9.34. The maximum Gasteiger partial charge on any atom is 0.289 e. The van der Waals surface area contributed by atoms with Gasteiger partial charge < -0.3 is 19.5 Å². The van der Waals surface area contributed by atoms with Crippen molar-refractivity contribution in [1.82, 2.24) is 14.9 Å². The molecule has 0 aliphatic carbocycles. The first-order chi connectivity index (χ1) is 12.7. The van der Waals surface area contributed by atoms with Crippen LogP contribution in [0.5, 0.6) is 0 Å². The second kappa shape index (κ2) is 8.69. The highest BCUT2D eigenvalue weighted by Crippen LogP contribution is 2.18. The lowest BCUT2D eigenvalue weighted by molar-refractivity contribution is 0.0714. The van der Waals surface area contributed by atoms with Crippen molar-refractivity contribution in [3.8, 4) is 0 Å². The summed E-state index contributed by atoms with van der Waals surface area (Å²) in [5, 5.41) is 3.32. The number of nitrogens with one attached hydrogen (secondary N) is 1. The van der Waals surface area contributed by atoms with Crippen LogP contribution in [0.3, 0.4) is 0 Å². The molecule has 0 atom stereocenters. The second-order valence-corrected chi connectivity index (χ2v) is 6.58. The first kappa shape index (κ1) is 18.2. The predicted molar refractivity (Wildman–Crippen MR) is 102 cm³/mol. The summed E-state index contributed by atoms with van der Waals surface area (Å²) in [6.07, 6.45) is 5.05. The Bertz CT molecular complexity index is 709. The van der Waals surface area contributed by atoms with Crippen LogP contribution in [0.4, 0.5) is 11.8 Å². The fraction of sp³-hybridized carbons (Fsp3) is 0.526. The molecule has 2 aromatic rings. The zero-order valence-electron chi connectivity index (χ0n) is 15.6. The number of anilines is 2. The summed E-state index contributed by atoms with van der Waals surface area (Å²) in [4.78, 5) is 25.5. The zero-order valence-corrected chi connectivity index (χ0v) is 15.6. The number of hydrogen-bond acceptors (Lipinski definition) is 6. The molecule has 0 spiro atoms. The minimum absolute atomic E-state index is 0.0493. The molecule has 0 unspecified atom stereocenters. The van der Waals surface area contributed by atoms with E-state index in [1.165, 1.54) is 19.1 Å². The molecule has 2 aromatic heterocycles. The standard InChI is InChI=1S/C19H27N5O2/c1-3-4-5-8-20-19-21-15(2)14-17(22-19)23-9-11-24(12-10-23)18(25)16-7-6-13-26-16/h6-7,13-14H,3-5,8-12H2,1-2H3,(H,20,21,22). The Kier molecular flexibility index (Phi) is 6.09. The molecule has 7 nitrogen and oxygen atoms in total. The molecule has 0 radical (unpaired) electrons. The van der Waals surface area contributed by atoms with Crippen LogP contribution in [0, 0.1) is 6.92 Å². The van der Waals surface area contributed by atoms with Gasteiger partial charge in [0, 0.05) is 44.5 Å².